The quantitative estimate of drug-likeness (QED) is 0.214. The van der Waals surface area contributed by atoms with Crippen LogP contribution in [0.1, 0.15) is 26.4 Å². The van der Waals surface area contributed by atoms with Crippen LogP contribution in [-0.4, -0.2) is 47.5 Å². The Morgan fingerprint density at radius 2 is 1.73 bits per heavy atom. The van der Waals surface area contributed by atoms with Gasteiger partial charge in [-0.1, -0.05) is 48.5 Å². The van der Waals surface area contributed by atoms with E-state index < -0.39 is 63.4 Å². The lowest BCUT2D eigenvalue weighted by Gasteiger charge is -2.30. The minimum absolute atomic E-state index is 0.0115. The van der Waals surface area contributed by atoms with Gasteiger partial charge in [0, 0.05) is 18.0 Å². The van der Waals surface area contributed by atoms with Gasteiger partial charge in [0.05, 0.1) is 22.6 Å². The van der Waals surface area contributed by atoms with E-state index in [1.54, 1.807) is 66.9 Å². The minimum Gasteiger partial charge on any atom is -0.503 e. The molecule has 0 radical (unpaired) electrons. The lowest BCUT2D eigenvalue weighted by atomic mass is 10.00. The highest BCUT2D eigenvalue weighted by molar-refractivity contribution is 7.89. The number of aryl methyl sites for hydroxylation is 1. The molecule has 3 aromatic carbocycles. The number of aromatic hydroxyl groups is 1. The fourth-order valence-electron chi connectivity index (χ4n) is 4.24. The number of nitrogens with one attached hydrogen (secondary N) is 1. The van der Waals surface area contributed by atoms with Crippen molar-refractivity contribution in [1.29, 1.82) is 0 Å². The van der Waals surface area contributed by atoms with Crippen LogP contribution < -0.4 is 5.32 Å². The average Bonchev–Trinajstić information content (AvgIpc) is 3.47. The molecule has 7 nitrogen and oxygen atoms in total. The molecule has 41 heavy (non-hydrogen) atoms. The number of hydrogen-bond donors (Lipinski definition) is 3. The van der Waals surface area contributed by atoms with Crippen LogP contribution in [0.15, 0.2) is 83.1 Å². The Morgan fingerprint density at radius 3 is 2.39 bits per heavy atom. The first kappa shape index (κ1) is 30.3. The highest BCUT2D eigenvalue weighted by Crippen LogP contribution is 2.27. The molecule has 216 valence electrons. The van der Waals surface area contributed by atoms with E-state index in [0.717, 1.165) is 4.31 Å². The SMILES string of the molecule is Cc1cccc(S(=O)(=O)N(Cc2cccs2)C[C@@H](O)[C@H](Cc2ccccc2)NC(=O)c2cc(F)c(F)c(O)c2F)c1. The van der Waals surface area contributed by atoms with Crippen LogP contribution in [0, 0.1) is 24.4 Å². The first-order valence-corrected chi connectivity index (χ1v) is 14.8. The molecule has 1 aromatic heterocycles. The number of nitrogens with zero attached hydrogens (tertiary/aromatic N) is 1. The van der Waals surface area contributed by atoms with Gasteiger partial charge >= 0.3 is 0 Å². The molecule has 3 N–H and O–H groups in total. The molecular formula is C29H27F3N2O5S2. The number of aliphatic hydroxyl groups excluding tert-OH is 1. The number of aliphatic hydroxyl groups is 1. The third kappa shape index (κ3) is 7.14. The first-order chi connectivity index (χ1) is 19.5. The molecule has 0 aliphatic rings. The number of halogens is 3. The maximum absolute atomic E-state index is 14.5. The molecule has 1 amide bonds. The third-order valence-electron chi connectivity index (χ3n) is 6.39. The Kier molecular flexibility index (Phi) is 9.49. The normalized spacial score (nSPS) is 13.2. The van der Waals surface area contributed by atoms with E-state index in [4.69, 9.17) is 0 Å². The number of sulfonamides is 1. The number of phenolic OH excluding ortho intramolecular Hbond substituents is 1. The average molecular weight is 605 g/mol. The zero-order valence-electron chi connectivity index (χ0n) is 21.8. The second-order valence-corrected chi connectivity index (χ2v) is 12.4. The van der Waals surface area contributed by atoms with Crippen LogP contribution in [-0.2, 0) is 23.0 Å². The van der Waals surface area contributed by atoms with Gasteiger partial charge in [-0.05, 0) is 54.1 Å². The van der Waals surface area contributed by atoms with Crippen LogP contribution in [0.25, 0.3) is 0 Å². The molecule has 0 saturated carbocycles. The second kappa shape index (κ2) is 12.9. The predicted molar refractivity (Wildman–Crippen MR) is 148 cm³/mol. The molecular weight excluding hydrogens is 577 g/mol. The van der Waals surface area contributed by atoms with Gasteiger partial charge in [0.2, 0.25) is 15.8 Å². The summed E-state index contributed by atoms with van der Waals surface area (Å²) >= 11 is 1.33. The van der Waals surface area contributed by atoms with Crippen molar-refractivity contribution in [3.63, 3.8) is 0 Å². The standard InChI is InChI=1S/C29H27F3N2O5S2/c1-18-7-5-11-21(13-18)41(38,39)34(16-20-10-6-12-40-20)17-25(35)24(14-19-8-3-2-4-9-19)33-29(37)22-15-23(30)27(32)28(36)26(22)31/h2-13,15,24-25,35-36H,14,16-17H2,1H3,(H,33,37)/t24-,25+/m0/s1. The fourth-order valence-corrected chi connectivity index (χ4v) is 6.58. The van der Waals surface area contributed by atoms with Crippen molar-refractivity contribution in [2.75, 3.05) is 6.54 Å². The summed E-state index contributed by atoms with van der Waals surface area (Å²) in [5.74, 6) is -8.04. The number of carbonyl (C=O) groups is 1. The third-order valence-corrected chi connectivity index (χ3v) is 9.06. The molecule has 4 rings (SSSR count). The molecule has 0 aliphatic heterocycles. The Hall–Kier alpha value is -3.71. The van der Waals surface area contributed by atoms with E-state index in [1.165, 1.54) is 23.5 Å². The predicted octanol–water partition coefficient (Wildman–Crippen LogP) is 4.77. The number of thiophene rings is 1. The largest absolute Gasteiger partial charge is 0.503 e. The minimum atomic E-state index is -4.12. The Morgan fingerprint density at radius 1 is 1.00 bits per heavy atom. The molecule has 1 heterocycles. The summed E-state index contributed by atoms with van der Waals surface area (Å²) in [6.07, 6.45) is -1.54. The van der Waals surface area contributed by atoms with E-state index in [2.05, 4.69) is 5.32 Å². The number of phenols is 1. The topological polar surface area (TPSA) is 107 Å². The van der Waals surface area contributed by atoms with Crippen LogP contribution >= 0.6 is 11.3 Å². The first-order valence-electron chi connectivity index (χ1n) is 12.5. The lowest BCUT2D eigenvalue weighted by Crippen LogP contribution is -2.50. The van der Waals surface area contributed by atoms with Crippen molar-refractivity contribution in [2.24, 2.45) is 0 Å². The van der Waals surface area contributed by atoms with Crippen molar-refractivity contribution in [2.45, 2.75) is 36.9 Å². The van der Waals surface area contributed by atoms with Gasteiger partial charge in [0.1, 0.15) is 0 Å². The van der Waals surface area contributed by atoms with Crippen LogP contribution in [0.3, 0.4) is 0 Å². The van der Waals surface area contributed by atoms with E-state index in [0.29, 0.717) is 22.1 Å². The Bertz CT molecular complexity index is 1620. The van der Waals surface area contributed by atoms with Crippen LogP contribution in [0.5, 0.6) is 5.75 Å². The maximum atomic E-state index is 14.5. The van der Waals surface area contributed by atoms with Crippen LogP contribution in [0.4, 0.5) is 13.2 Å². The molecule has 0 saturated heterocycles. The fraction of sp³-hybridized carbons (Fsp3) is 0.207. The van der Waals surface area contributed by atoms with Gasteiger partial charge in [-0.2, -0.15) is 8.70 Å². The molecule has 12 heteroatoms. The van der Waals surface area contributed by atoms with E-state index in [-0.39, 0.29) is 17.9 Å². The Balaban J connectivity index is 1.67. The maximum Gasteiger partial charge on any atom is 0.254 e. The Labute approximate surface area is 239 Å². The molecule has 0 spiro atoms. The van der Waals surface area contributed by atoms with E-state index in [9.17, 15) is 36.6 Å². The van der Waals surface area contributed by atoms with Crippen molar-refractivity contribution in [1.82, 2.24) is 9.62 Å². The number of rotatable bonds is 11. The summed E-state index contributed by atoms with van der Waals surface area (Å²) in [5, 5.41) is 25.1. The van der Waals surface area contributed by atoms with Crippen molar-refractivity contribution >= 4 is 27.3 Å². The van der Waals surface area contributed by atoms with E-state index in [1.807, 2.05) is 0 Å². The number of hydrogen-bond acceptors (Lipinski definition) is 6. The van der Waals surface area contributed by atoms with E-state index >= 15 is 0 Å². The van der Waals surface area contributed by atoms with Crippen molar-refractivity contribution in [3.05, 3.63) is 117 Å². The number of amides is 1. The molecule has 0 fully saturated rings. The van der Waals surface area contributed by atoms with Gasteiger partial charge in [-0.25, -0.2) is 17.2 Å². The summed E-state index contributed by atoms with van der Waals surface area (Å²) < 4.78 is 70.5. The summed E-state index contributed by atoms with van der Waals surface area (Å²) in [6, 6.07) is 17.5. The number of carbonyl (C=O) groups excluding carboxylic acids is 1. The van der Waals surface area contributed by atoms with Gasteiger partial charge < -0.3 is 15.5 Å². The molecule has 2 atom stereocenters. The monoisotopic (exact) mass is 604 g/mol. The summed E-state index contributed by atoms with van der Waals surface area (Å²) in [5.41, 5.74) is 0.389. The second-order valence-electron chi connectivity index (χ2n) is 9.41. The number of benzene rings is 3. The van der Waals surface area contributed by atoms with Gasteiger partial charge in [0.15, 0.2) is 17.4 Å². The smallest absolute Gasteiger partial charge is 0.254 e. The zero-order valence-corrected chi connectivity index (χ0v) is 23.4. The van der Waals surface area contributed by atoms with Gasteiger partial charge in [-0.15, -0.1) is 11.3 Å². The summed E-state index contributed by atoms with van der Waals surface area (Å²) in [4.78, 5) is 13.7. The highest BCUT2D eigenvalue weighted by atomic mass is 32.2. The van der Waals surface area contributed by atoms with Crippen molar-refractivity contribution in [3.8, 4) is 5.75 Å². The molecule has 4 aromatic rings. The molecule has 0 bridgehead atoms. The van der Waals surface area contributed by atoms with Gasteiger partial charge in [0.25, 0.3) is 5.91 Å². The highest BCUT2D eigenvalue weighted by Gasteiger charge is 2.32. The lowest BCUT2D eigenvalue weighted by molar-refractivity contribution is 0.0775. The van der Waals surface area contributed by atoms with Crippen LogP contribution in [0.2, 0.25) is 0 Å². The van der Waals surface area contributed by atoms with Gasteiger partial charge in [-0.3, -0.25) is 4.79 Å². The summed E-state index contributed by atoms with van der Waals surface area (Å²) in [7, 11) is -4.12. The molecule has 0 aliphatic carbocycles. The molecule has 0 unspecified atom stereocenters. The van der Waals surface area contributed by atoms with Crippen molar-refractivity contribution < 1.29 is 36.6 Å². The zero-order chi connectivity index (χ0) is 29.7. The summed E-state index contributed by atoms with van der Waals surface area (Å²) in [6.45, 7) is 1.22.